The Morgan fingerprint density at radius 3 is 2.40 bits per heavy atom. The summed E-state index contributed by atoms with van der Waals surface area (Å²) in [5.41, 5.74) is 1.10. The number of carbonyl (C=O) groups is 1. The second kappa shape index (κ2) is 7.56. The third-order valence-corrected chi connectivity index (χ3v) is 12.0. The van der Waals surface area contributed by atoms with Gasteiger partial charge in [-0.3, -0.25) is 4.79 Å². The SMILES string of the molecule is CC[Si](CC)(CC)C1=C[C@@H]2CC(=O)[C@H](O[C@H](C)c3ccccc3)[C@H]1O2. The van der Waals surface area contributed by atoms with Crippen LogP contribution in [-0.4, -0.2) is 32.2 Å². The van der Waals surface area contributed by atoms with Gasteiger partial charge in [0.15, 0.2) is 5.78 Å². The molecule has 0 aliphatic carbocycles. The smallest absolute Gasteiger partial charge is 0.167 e. The molecule has 0 saturated carbocycles. The monoisotopic (exact) mass is 358 g/mol. The molecule has 136 valence electrons. The van der Waals surface area contributed by atoms with Gasteiger partial charge in [0.1, 0.15) is 12.2 Å². The van der Waals surface area contributed by atoms with E-state index >= 15 is 0 Å². The predicted molar refractivity (Wildman–Crippen MR) is 103 cm³/mol. The number of ketones is 1. The minimum atomic E-state index is -1.57. The van der Waals surface area contributed by atoms with E-state index in [2.05, 4.69) is 39.0 Å². The maximum atomic E-state index is 12.7. The van der Waals surface area contributed by atoms with Crippen LogP contribution in [0.25, 0.3) is 0 Å². The number of carbonyl (C=O) groups excluding carboxylic acids is 1. The third-order valence-electron chi connectivity index (χ3n) is 6.25. The Morgan fingerprint density at radius 1 is 1.16 bits per heavy atom. The molecule has 0 radical (unpaired) electrons. The van der Waals surface area contributed by atoms with Crippen molar-refractivity contribution in [3.8, 4) is 0 Å². The quantitative estimate of drug-likeness (QED) is 0.654. The summed E-state index contributed by atoms with van der Waals surface area (Å²) in [6, 6.07) is 13.7. The number of ether oxygens (including phenoxy) is 2. The highest BCUT2D eigenvalue weighted by molar-refractivity contribution is 6.86. The first-order chi connectivity index (χ1) is 12.0. The van der Waals surface area contributed by atoms with E-state index in [1.807, 2.05) is 25.1 Å². The zero-order chi connectivity index (χ0) is 18.0. The molecule has 2 bridgehead atoms. The summed E-state index contributed by atoms with van der Waals surface area (Å²) < 4.78 is 12.5. The van der Waals surface area contributed by atoms with Gasteiger partial charge in [-0.2, -0.15) is 0 Å². The third kappa shape index (κ3) is 3.40. The van der Waals surface area contributed by atoms with Gasteiger partial charge in [-0.25, -0.2) is 0 Å². The van der Waals surface area contributed by atoms with Gasteiger partial charge in [0, 0.05) is 6.42 Å². The number of hydrogen-bond acceptors (Lipinski definition) is 3. The summed E-state index contributed by atoms with van der Waals surface area (Å²) in [4.78, 5) is 12.7. The van der Waals surface area contributed by atoms with Gasteiger partial charge in [-0.15, -0.1) is 0 Å². The van der Waals surface area contributed by atoms with Crippen LogP contribution in [0.15, 0.2) is 41.6 Å². The first-order valence-corrected chi connectivity index (χ1v) is 12.3. The molecular weight excluding hydrogens is 328 g/mol. The molecule has 3 nitrogen and oxygen atoms in total. The number of hydrogen-bond donors (Lipinski definition) is 0. The van der Waals surface area contributed by atoms with Crippen LogP contribution >= 0.6 is 0 Å². The van der Waals surface area contributed by atoms with Crippen molar-refractivity contribution in [2.45, 2.75) is 76.7 Å². The maximum absolute atomic E-state index is 12.7. The molecule has 0 unspecified atom stereocenters. The summed E-state index contributed by atoms with van der Waals surface area (Å²) in [6.07, 6.45) is 1.96. The molecule has 25 heavy (non-hydrogen) atoms. The summed E-state index contributed by atoms with van der Waals surface area (Å²) in [7, 11) is -1.57. The van der Waals surface area contributed by atoms with Crippen LogP contribution in [0.4, 0.5) is 0 Å². The lowest BCUT2D eigenvalue weighted by Crippen LogP contribution is -2.49. The molecule has 4 atom stereocenters. The van der Waals surface area contributed by atoms with Crippen LogP contribution in [0, 0.1) is 0 Å². The number of rotatable bonds is 7. The van der Waals surface area contributed by atoms with Crippen molar-refractivity contribution < 1.29 is 14.3 Å². The average molecular weight is 359 g/mol. The van der Waals surface area contributed by atoms with Crippen molar-refractivity contribution in [1.82, 2.24) is 0 Å². The van der Waals surface area contributed by atoms with Crippen LogP contribution in [-0.2, 0) is 14.3 Å². The topological polar surface area (TPSA) is 35.5 Å². The number of benzene rings is 1. The fourth-order valence-electron chi connectivity index (χ4n) is 4.43. The largest absolute Gasteiger partial charge is 0.363 e. The van der Waals surface area contributed by atoms with Gasteiger partial charge in [-0.1, -0.05) is 80.5 Å². The molecular formula is C21H30O3Si. The summed E-state index contributed by atoms with van der Waals surface area (Å²) in [6.45, 7) is 8.92. The van der Waals surface area contributed by atoms with Crippen molar-refractivity contribution >= 4 is 13.9 Å². The van der Waals surface area contributed by atoms with Gasteiger partial charge < -0.3 is 9.47 Å². The van der Waals surface area contributed by atoms with Crippen LogP contribution < -0.4 is 0 Å². The standard InChI is InChI=1S/C21H30O3Si/c1-5-25(6-2,7-3)19-14-17-13-18(22)20(21(19)24-17)23-15(4)16-11-9-8-10-12-16/h8-12,14-15,17,20-21H,5-7,13H2,1-4H3/t15-,17+,20+,21+/m1/s1. The normalized spacial score (nSPS) is 27.3. The minimum Gasteiger partial charge on any atom is -0.363 e. The molecule has 1 saturated heterocycles. The van der Waals surface area contributed by atoms with E-state index in [4.69, 9.17) is 9.47 Å². The van der Waals surface area contributed by atoms with Gasteiger partial charge in [0.25, 0.3) is 0 Å². The van der Waals surface area contributed by atoms with Crippen molar-refractivity contribution in [3.05, 3.63) is 47.2 Å². The van der Waals surface area contributed by atoms with Crippen LogP contribution in [0.2, 0.25) is 18.1 Å². The van der Waals surface area contributed by atoms with Crippen LogP contribution in [0.5, 0.6) is 0 Å². The highest BCUT2D eigenvalue weighted by Gasteiger charge is 2.50. The Balaban J connectivity index is 1.85. The predicted octanol–water partition coefficient (Wildman–Crippen LogP) is 4.85. The Hall–Kier alpha value is -1.23. The fourth-order valence-corrected chi connectivity index (χ4v) is 8.52. The average Bonchev–Trinajstić information content (AvgIpc) is 3.00. The van der Waals surface area contributed by atoms with Crippen LogP contribution in [0.1, 0.15) is 45.8 Å². The summed E-state index contributed by atoms with van der Waals surface area (Å²) >= 11 is 0. The molecule has 2 aliphatic rings. The molecule has 2 aliphatic heterocycles. The van der Waals surface area contributed by atoms with E-state index in [9.17, 15) is 4.79 Å². The molecule has 4 heteroatoms. The molecule has 0 spiro atoms. The van der Waals surface area contributed by atoms with E-state index in [0.29, 0.717) is 6.42 Å². The Bertz CT molecular complexity index is 628. The highest BCUT2D eigenvalue weighted by Crippen LogP contribution is 2.42. The Morgan fingerprint density at radius 2 is 1.80 bits per heavy atom. The molecule has 1 aromatic carbocycles. The van der Waals surface area contributed by atoms with Gasteiger partial charge in [0.2, 0.25) is 0 Å². The molecule has 2 heterocycles. The second-order valence-electron chi connectivity index (χ2n) is 7.34. The van der Waals surface area contributed by atoms with E-state index in [0.717, 1.165) is 5.56 Å². The van der Waals surface area contributed by atoms with Crippen LogP contribution in [0.3, 0.4) is 0 Å². The summed E-state index contributed by atoms with van der Waals surface area (Å²) in [5, 5.41) is 1.43. The van der Waals surface area contributed by atoms with Crippen molar-refractivity contribution in [2.75, 3.05) is 0 Å². The van der Waals surface area contributed by atoms with Crippen molar-refractivity contribution in [2.24, 2.45) is 0 Å². The van der Waals surface area contributed by atoms with Gasteiger partial charge in [-0.05, 0) is 12.5 Å². The zero-order valence-electron chi connectivity index (χ0n) is 15.8. The Kier molecular flexibility index (Phi) is 5.61. The molecule has 0 aromatic heterocycles. The first-order valence-electron chi connectivity index (χ1n) is 9.65. The van der Waals surface area contributed by atoms with Crippen molar-refractivity contribution in [1.29, 1.82) is 0 Å². The number of Topliss-reactive ketones (excluding diaryl/α,β-unsaturated/α-hetero) is 1. The minimum absolute atomic E-state index is 0.0316. The van der Waals surface area contributed by atoms with Gasteiger partial charge >= 0.3 is 0 Å². The highest BCUT2D eigenvalue weighted by atomic mass is 28.3. The maximum Gasteiger partial charge on any atom is 0.167 e. The molecule has 0 N–H and O–H groups in total. The zero-order valence-corrected chi connectivity index (χ0v) is 16.8. The first kappa shape index (κ1) is 18.6. The summed E-state index contributed by atoms with van der Waals surface area (Å²) in [5.74, 6) is 0.196. The van der Waals surface area contributed by atoms with E-state index in [-0.39, 0.29) is 24.1 Å². The van der Waals surface area contributed by atoms with Crippen molar-refractivity contribution in [3.63, 3.8) is 0 Å². The molecule has 1 aromatic rings. The number of fused-ring (bicyclic) bond motifs is 2. The molecule has 0 amide bonds. The molecule has 3 rings (SSSR count). The van der Waals surface area contributed by atoms with Gasteiger partial charge in [0.05, 0.1) is 20.3 Å². The van der Waals surface area contributed by atoms with E-state index in [1.54, 1.807) is 0 Å². The van der Waals surface area contributed by atoms with E-state index in [1.165, 1.54) is 23.3 Å². The fraction of sp³-hybridized carbons (Fsp3) is 0.571. The Labute approximate surface area is 152 Å². The second-order valence-corrected chi connectivity index (χ2v) is 12.6. The van der Waals surface area contributed by atoms with E-state index < -0.39 is 14.2 Å². The lowest BCUT2D eigenvalue weighted by Gasteiger charge is -2.38. The lowest BCUT2D eigenvalue weighted by molar-refractivity contribution is -0.159. The molecule has 1 fully saturated rings. The lowest BCUT2D eigenvalue weighted by atomic mass is 10.0.